The van der Waals surface area contributed by atoms with Crippen molar-refractivity contribution in [3.05, 3.63) is 46.3 Å². The van der Waals surface area contributed by atoms with Gasteiger partial charge in [0.15, 0.2) is 0 Å². The Hall–Kier alpha value is -0.900. The second-order valence-corrected chi connectivity index (χ2v) is 5.05. The summed E-state index contributed by atoms with van der Waals surface area (Å²) in [5.41, 5.74) is 4.90. The number of benzene rings is 1. The van der Waals surface area contributed by atoms with E-state index in [0.29, 0.717) is 5.02 Å². The zero-order valence-electron chi connectivity index (χ0n) is 10.3. The van der Waals surface area contributed by atoms with Gasteiger partial charge in [0.05, 0.1) is 6.04 Å². The first kappa shape index (κ1) is 13.5. The van der Waals surface area contributed by atoms with Crippen molar-refractivity contribution >= 4 is 11.6 Å². The maximum atomic E-state index is 13.1. The van der Waals surface area contributed by atoms with Gasteiger partial charge in [0.1, 0.15) is 5.82 Å². The van der Waals surface area contributed by atoms with Gasteiger partial charge in [-0.2, -0.15) is 0 Å². The average Bonchev–Trinajstić information content (AvgIpc) is 2.62. The van der Waals surface area contributed by atoms with Crippen molar-refractivity contribution in [3.63, 3.8) is 0 Å². The lowest BCUT2D eigenvalue weighted by atomic mass is 9.95. The molecule has 0 saturated carbocycles. The third-order valence-corrected chi connectivity index (χ3v) is 3.71. The van der Waals surface area contributed by atoms with E-state index in [-0.39, 0.29) is 11.9 Å². The van der Waals surface area contributed by atoms with Crippen molar-refractivity contribution < 1.29 is 4.39 Å². The summed E-state index contributed by atoms with van der Waals surface area (Å²) < 4.78 is 13.1. The van der Waals surface area contributed by atoms with Gasteiger partial charge in [-0.1, -0.05) is 35.7 Å². The van der Waals surface area contributed by atoms with Crippen LogP contribution in [0.25, 0.3) is 0 Å². The van der Waals surface area contributed by atoms with E-state index in [2.05, 4.69) is 11.5 Å². The van der Waals surface area contributed by atoms with Gasteiger partial charge in [-0.05, 0) is 43.4 Å². The monoisotopic (exact) mass is 268 g/mol. The van der Waals surface area contributed by atoms with Gasteiger partial charge in [0, 0.05) is 5.02 Å². The Bertz CT molecular complexity index is 445. The Labute approximate surface area is 112 Å². The molecule has 4 heteroatoms. The number of hydrogen-bond donors (Lipinski definition) is 2. The molecule has 1 aliphatic carbocycles. The summed E-state index contributed by atoms with van der Waals surface area (Å²) in [5, 5.41) is 0.420. The molecule has 3 N–H and O–H groups in total. The summed E-state index contributed by atoms with van der Waals surface area (Å²) >= 11 is 6.10. The molecule has 2 nitrogen and oxygen atoms in total. The fraction of sp³-hybridized carbons (Fsp3) is 0.429. The van der Waals surface area contributed by atoms with E-state index in [4.69, 9.17) is 17.4 Å². The lowest BCUT2D eigenvalue weighted by Gasteiger charge is -2.21. The molecule has 1 atom stereocenters. The van der Waals surface area contributed by atoms with Crippen molar-refractivity contribution in [3.8, 4) is 0 Å². The molecule has 0 aliphatic heterocycles. The van der Waals surface area contributed by atoms with Crippen molar-refractivity contribution in [2.45, 2.75) is 38.1 Å². The normalized spacial score (nSPS) is 18.1. The smallest absolute Gasteiger partial charge is 0.124 e. The van der Waals surface area contributed by atoms with E-state index in [0.717, 1.165) is 18.4 Å². The molecule has 0 heterocycles. The maximum Gasteiger partial charge on any atom is 0.124 e. The highest BCUT2D eigenvalue weighted by molar-refractivity contribution is 6.31. The molecule has 0 bridgehead atoms. The molecule has 0 saturated heterocycles. The lowest BCUT2D eigenvalue weighted by Crippen LogP contribution is -2.29. The van der Waals surface area contributed by atoms with Crippen LogP contribution in [0.4, 0.5) is 4.39 Å². The van der Waals surface area contributed by atoms with E-state index < -0.39 is 0 Å². The molecule has 1 aromatic carbocycles. The highest BCUT2D eigenvalue weighted by Gasteiger charge is 2.19. The summed E-state index contributed by atoms with van der Waals surface area (Å²) in [6, 6.07) is 4.34. The van der Waals surface area contributed by atoms with Crippen LogP contribution < -0.4 is 11.3 Å². The van der Waals surface area contributed by atoms with Crippen LogP contribution in [0.5, 0.6) is 0 Å². The molecule has 0 amide bonds. The largest absolute Gasteiger partial charge is 0.271 e. The molecule has 18 heavy (non-hydrogen) atoms. The van der Waals surface area contributed by atoms with Gasteiger partial charge in [0.25, 0.3) is 0 Å². The molecular weight excluding hydrogens is 251 g/mol. The number of hydrogen-bond acceptors (Lipinski definition) is 2. The van der Waals surface area contributed by atoms with Gasteiger partial charge in [-0.25, -0.2) is 9.82 Å². The van der Waals surface area contributed by atoms with E-state index in [1.807, 2.05) is 0 Å². The molecule has 0 aromatic heterocycles. The molecular formula is C14H18ClFN2. The van der Waals surface area contributed by atoms with Gasteiger partial charge >= 0.3 is 0 Å². The van der Waals surface area contributed by atoms with E-state index in [1.165, 1.54) is 37.0 Å². The zero-order valence-corrected chi connectivity index (χ0v) is 11.0. The van der Waals surface area contributed by atoms with Crippen molar-refractivity contribution in [1.82, 2.24) is 5.43 Å². The summed E-state index contributed by atoms with van der Waals surface area (Å²) in [6.45, 7) is 0. The first-order valence-electron chi connectivity index (χ1n) is 6.32. The number of nitrogens with two attached hydrogens (primary N) is 1. The van der Waals surface area contributed by atoms with Crippen LogP contribution in [-0.2, 0) is 0 Å². The fourth-order valence-electron chi connectivity index (χ4n) is 2.43. The van der Waals surface area contributed by atoms with Crippen LogP contribution in [0.1, 0.15) is 43.7 Å². The molecule has 0 spiro atoms. The minimum Gasteiger partial charge on any atom is -0.271 e. The number of nitrogens with one attached hydrogen (secondary N) is 1. The summed E-state index contributed by atoms with van der Waals surface area (Å²) in [7, 11) is 0. The third-order valence-electron chi connectivity index (χ3n) is 3.39. The van der Waals surface area contributed by atoms with E-state index in [1.54, 1.807) is 6.07 Å². The van der Waals surface area contributed by atoms with E-state index in [9.17, 15) is 4.39 Å². The number of hydrazine groups is 1. The van der Waals surface area contributed by atoms with E-state index >= 15 is 0 Å². The maximum absolute atomic E-state index is 13.1. The lowest BCUT2D eigenvalue weighted by molar-refractivity contribution is 0.588. The van der Waals surface area contributed by atoms with Gasteiger partial charge < -0.3 is 0 Å². The predicted octanol–water partition coefficient (Wildman–Crippen LogP) is 3.87. The van der Waals surface area contributed by atoms with Gasteiger partial charge in [0.2, 0.25) is 0 Å². The minimum absolute atomic E-state index is 0.115. The summed E-state index contributed by atoms with van der Waals surface area (Å²) in [5.74, 6) is 5.33. The Morgan fingerprint density at radius 2 is 2.11 bits per heavy atom. The van der Waals surface area contributed by atoms with Crippen LogP contribution >= 0.6 is 11.6 Å². The Morgan fingerprint density at radius 1 is 1.28 bits per heavy atom. The van der Waals surface area contributed by atoms with Gasteiger partial charge in [-0.15, -0.1) is 0 Å². The third kappa shape index (κ3) is 3.10. The first-order chi connectivity index (χ1) is 8.72. The Morgan fingerprint density at radius 3 is 2.83 bits per heavy atom. The van der Waals surface area contributed by atoms with Crippen LogP contribution in [0.3, 0.4) is 0 Å². The highest BCUT2D eigenvalue weighted by atomic mass is 35.5. The Balaban J connectivity index is 2.29. The average molecular weight is 269 g/mol. The van der Waals surface area contributed by atoms with Crippen LogP contribution in [0, 0.1) is 5.82 Å². The zero-order chi connectivity index (χ0) is 13.0. The highest BCUT2D eigenvalue weighted by Crippen LogP contribution is 2.32. The van der Waals surface area contributed by atoms with Crippen molar-refractivity contribution in [2.24, 2.45) is 5.84 Å². The molecule has 2 rings (SSSR count). The topological polar surface area (TPSA) is 38.0 Å². The quantitative estimate of drug-likeness (QED) is 0.496. The van der Waals surface area contributed by atoms with Crippen LogP contribution in [0.15, 0.2) is 29.8 Å². The van der Waals surface area contributed by atoms with Crippen LogP contribution in [-0.4, -0.2) is 0 Å². The Kier molecular flexibility index (Phi) is 4.75. The molecule has 0 radical (unpaired) electrons. The first-order valence-corrected chi connectivity index (χ1v) is 6.70. The fourth-order valence-corrected chi connectivity index (χ4v) is 2.71. The van der Waals surface area contributed by atoms with Crippen LogP contribution in [0.2, 0.25) is 5.02 Å². The summed E-state index contributed by atoms with van der Waals surface area (Å²) in [6.07, 6.45) is 7.96. The van der Waals surface area contributed by atoms with Crippen molar-refractivity contribution in [1.29, 1.82) is 0 Å². The van der Waals surface area contributed by atoms with Crippen molar-refractivity contribution in [2.75, 3.05) is 0 Å². The second kappa shape index (κ2) is 6.32. The number of allylic oxidation sites excluding steroid dienone is 1. The molecule has 0 fully saturated rings. The number of halogens is 2. The molecule has 98 valence electrons. The predicted molar refractivity (Wildman–Crippen MR) is 72.6 cm³/mol. The standard InChI is InChI=1S/C14H18ClFN2/c15-13-9-11(16)7-8-12(13)14(18-17)10-5-3-1-2-4-6-10/h5,7-9,14,18H,1-4,6,17H2. The summed E-state index contributed by atoms with van der Waals surface area (Å²) in [4.78, 5) is 0. The SMILES string of the molecule is NNC(C1=CCCCCC1)c1ccc(F)cc1Cl. The molecule has 1 unspecified atom stereocenters. The second-order valence-electron chi connectivity index (χ2n) is 4.64. The molecule has 1 aliphatic rings. The molecule has 1 aromatic rings. The number of rotatable bonds is 3. The van der Waals surface area contributed by atoms with Gasteiger partial charge in [-0.3, -0.25) is 5.84 Å². The minimum atomic E-state index is -0.325.